The highest BCUT2D eigenvalue weighted by Crippen LogP contribution is 2.17. The Balaban J connectivity index is 2.08. The van der Waals surface area contributed by atoms with E-state index in [1.54, 1.807) is 0 Å². The van der Waals surface area contributed by atoms with Crippen LogP contribution in [0.4, 0.5) is 20.3 Å². The molecule has 0 aliphatic carbocycles. The maximum atomic E-state index is 13.4. The summed E-state index contributed by atoms with van der Waals surface area (Å²) in [5.41, 5.74) is -0.226. The van der Waals surface area contributed by atoms with Crippen molar-refractivity contribution in [2.75, 3.05) is 17.2 Å². The van der Waals surface area contributed by atoms with Crippen LogP contribution in [-0.2, 0) is 0 Å². The maximum Gasteiger partial charge on any atom is 0.275 e. The van der Waals surface area contributed by atoms with E-state index in [9.17, 15) is 13.6 Å². The van der Waals surface area contributed by atoms with E-state index in [0.29, 0.717) is 5.82 Å². The molecule has 0 bridgehead atoms. The third-order valence-electron chi connectivity index (χ3n) is 2.64. The van der Waals surface area contributed by atoms with Gasteiger partial charge < -0.3 is 10.6 Å². The van der Waals surface area contributed by atoms with Crippen molar-refractivity contribution in [1.29, 1.82) is 0 Å². The second-order valence-electron chi connectivity index (χ2n) is 4.27. The molecule has 110 valence electrons. The SMILES string of the molecule is CCCNc1cnc(C(=O)Nc2cccc(F)c2F)cn1. The van der Waals surface area contributed by atoms with E-state index >= 15 is 0 Å². The number of halogens is 2. The van der Waals surface area contributed by atoms with Crippen LogP contribution in [0.3, 0.4) is 0 Å². The van der Waals surface area contributed by atoms with E-state index in [0.717, 1.165) is 19.0 Å². The minimum Gasteiger partial charge on any atom is -0.369 e. The minimum atomic E-state index is -1.11. The molecule has 2 aromatic rings. The summed E-state index contributed by atoms with van der Waals surface area (Å²) in [7, 11) is 0. The molecule has 1 amide bonds. The number of nitrogens with zero attached hydrogens (tertiary/aromatic N) is 2. The normalized spacial score (nSPS) is 10.2. The number of amides is 1. The molecule has 0 unspecified atom stereocenters. The predicted octanol–water partition coefficient (Wildman–Crippen LogP) is 2.83. The highest BCUT2D eigenvalue weighted by molar-refractivity contribution is 6.02. The molecule has 0 radical (unpaired) electrons. The summed E-state index contributed by atoms with van der Waals surface area (Å²) in [4.78, 5) is 19.8. The lowest BCUT2D eigenvalue weighted by molar-refractivity contribution is 0.102. The molecule has 0 atom stereocenters. The van der Waals surface area contributed by atoms with Crippen LogP contribution in [0.2, 0.25) is 0 Å². The Kier molecular flexibility index (Phi) is 4.76. The Bertz CT molecular complexity index is 631. The maximum absolute atomic E-state index is 13.4. The highest BCUT2D eigenvalue weighted by atomic mass is 19.2. The van der Waals surface area contributed by atoms with Gasteiger partial charge in [0.25, 0.3) is 5.91 Å². The summed E-state index contributed by atoms with van der Waals surface area (Å²) >= 11 is 0. The third kappa shape index (κ3) is 3.71. The van der Waals surface area contributed by atoms with Crippen molar-refractivity contribution in [2.45, 2.75) is 13.3 Å². The van der Waals surface area contributed by atoms with Crippen molar-refractivity contribution in [3.63, 3.8) is 0 Å². The molecule has 1 aromatic carbocycles. The van der Waals surface area contributed by atoms with Crippen LogP contribution < -0.4 is 10.6 Å². The molecule has 0 fully saturated rings. The molecule has 0 saturated heterocycles. The molecule has 7 heteroatoms. The Morgan fingerprint density at radius 3 is 2.71 bits per heavy atom. The van der Waals surface area contributed by atoms with Crippen LogP contribution in [0.15, 0.2) is 30.6 Å². The Labute approximate surface area is 120 Å². The second kappa shape index (κ2) is 6.74. The summed E-state index contributed by atoms with van der Waals surface area (Å²) in [5, 5.41) is 5.26. The lowest BCUT2D eigenvalue weighted by Crippen LogP contribution is -2.16. The zero-order chi connectivity index (χ0) is 15.2. The molecule has 0 aliphatic heterocycles. The number of carbonyl (C=O) groups excluding carboxylic acids is 1. The zero-order valence-corrected chi connectivity index (χ0v) is 11.4. The Hall–Kier alpha value is -2.57. The van der Waals surface area contributed by atoms with Crippen LogP contribution in [-0.4, -0.2) is 22.4 Å². The van der Waals surface area contributed by atoms with Crippen molar-refractivity contribution in [3.05, 3.63) is 47.9 Å². The first-order valence-electron chi connectivity index (χ1n) is 6.43. The molecule has 5 nitrogen and oxygen atoms in total. The molecule has 0 saturated carbocycles. The first-order valence-corrected chi connectivity index (χ1v) is 6.43. The van der Waals surface area contributed by atoms with Gasteiger partial charge in [-0.1, -0.05) is 13.0 Å². The number of anilines is 2. The van der Waals surface area contributed by atoms with Crippen molar-refractivity contribution in [2.24, 2.45) is 0 Å². The van der Waals surface area contributed by atoms with Crippen molar-refractivity contribution >= 4 is 17.4 Å². The average molecular weight is 292 g/mol. The lowest BCUT2D eigenvalue weighted by atomic mass is 10.3. The number of benzene rings is 1. The van der Waals surface area contributed by atoms with E-state index < -0.39 is 17.5 Å². The van der Waals surface area contributed by atoms with Gasteiger partial charge in [0.15, 0.2) is 11.6 Å². The van der Waals surface area contributed by atoms with E-state index in [4.69, 9.17) is 0 Å². The average Bonchev–Trinajstić information content (AvgIpc) is 2.50. The molecule has 21 heavy (non-hydrogen) atoms. The summed E-state index contributed by atoms with van der Waals surface area (Å²) < 4.78 is 26.5. The third-order valence-corrected chi connectivity index (χ3v) is 2.64. The van der Waals surface area contributed by atoms with Gasteiger partial charge in [0.2, 0.25) is 0 Å². The Morgan fingerprint density at radius 2 is 2.05 bits per heavy atom. The first kappa shape index (κ1) is 14.8. The molecular formula is C14H14F2N4O. The summed E-state index contributed by atoms with van der Waals surface area (Å²) in [6.45, 7) is 2.75. The monoisotopic (exact) mass is 292 g/mol. The van der Waals surface area contributed by atoms with E-state index in [2.05, 4.69) is 20.6 Å². The zero-order valence-electron chi connectivity index (χ0n) is 11.4. The Morgan fingerprint density at radius 1 is 1.24 bits per heavy atom. The first-order chi connectivity index (χ1) is 10.1. The van der Waals surface area contributed by atoms with Gasteiger partial charge in [0.05, 0.1) is 18.1 Å². The van der Waals surface area contributed by atoms with Crippen LogP contribution in [0, 0.1) is 11.6 Å². The number of nitrogens with one attached hydrogen (secondary N) is 2. The van der Waals surface area contributed by atoms with Gasteiger partial charge in [-0.25, -0.2) is 18.7 Å². The lowest BCUT2D eigenvalue weighted by Gasteiger charge is -2.07. The van der Waals surface area contributed by atoms with Gasteiger partial charge in [-0.05, 0) is 18.6 Å². The van der Waals surface area contributed by atoms with Gasteiger partial charge in [-0.3, -0.25) is 4.79 Å². The largest absolute Gasteiger partial charge is 0.369 e. The predicted molar refractivity (Wildman–Crippen MR) is 75.1 cm³/mol. The number of rotatable bonds is 5. The molecule has 0 aliphatic rings. The molecule has 1 aromatic heterocycles. The molecule has 1 heterocycles. The standard InChI is InChI=1S/C14H14F2N4O/c1-2-6-17-12-8-18-11(7-19-12)14(21)20-10-5-3-4-9(15)13(10)16/h3-5,7-8H,2,6H2,1H3,(H,17,19)(H,20,21). The van der Waals surface area contributed by atoms with E-state index in [1.807, 2.05) is 6.92 Å². The van der Waals surface area contributed by atoms with Crippen LogP contribution in [0.25, 0.3) is 0 Å². The topological polar surface area (TPSA) is 66.9 Å². The van der Waals surface area contributed by atoms with Crippen LogP contribution in [0.5, 0.6) is 0 Å². The van der Waals surface area contributed by atoms with Crippen LogP contribution in [0.1, 0.15) is 23.8 Å². The second-order valence-corrected chi connectivity index (χ2v) is 4.27. The fourth-order valence-corrected chi connectivity index (χ4v) is 1.58. The van der Waals surface area contributed by atoms with Crippen molar-refractivity contribution in [1.82, 2.24) is 9.97 Å². The fraction of sp³-hybridized carbons (Fsp3) is 0.214. The van der Waals surface area contributed by atoms with Gasteiger partial charge in [0.1, 0.15) is 11.5 Å². The minimum absolute atomic E-state index is 0.0145. The fourth-order valence-electron chi connectivity index (χ4n) is 1.58. The molecular weight excluding hydrogens is 278 g/mol. The molecule has 0 spiro atoms. The summed E-state index contributed by atoms with van der Waals surface area (Å²) in [6.07, 6.45) is 3.61. The number of hydrogen-bond donors (Lipinski definition) is 2. The van der Waals surface area contributed by atoms with Gasteiger partial charge in [-0.15, -0.1) is 0 Å². The van der Waals surface area contributed by atoms with Gasteiger partial charge >= 0.3 is 0 Å². The van der Waals surface area contributed by atoms with Crippen molar-refractivity contribution in [3.8, 4) is 0 Å². The summed E-state index contributed by atoms with van der Waals surface area (Å²) in [5.74, 6) is -2.25. The summed E-state index contributed by atoms with van der Waals surface area (Å²) in [6, 6.07) is 3.54. The van der Waals surface area contributed by atoms with E-state index in [1.165, 1.54) is 24.5 Å². The number of hydrogen-bond acceptors (Lipinski definition) is 4. The van der Waals surface area contributed by atoms with E-state index in [-0.39, 0.29) is 11.4 Å². The number of aromatic nitrogens is 2. The molecule has 2 N–H and O–H groups in total. The smallest absolute Gasteiger partial charge is 0.275 e. The quantitative estimate of drug-likeness (QED) is 0.889. The van der Waals surface area contributed by atoms with Gasteiger partial charge in [0, 0.05) is 6.54 Å². The number of carbonyl (C=O) groups is 1. The van der Waals surface area contributed by atoms with Crippen molar-refractivity contribution < 1.29 is 13.6 Å². The highest BCUT2D eigenvalue weighted by Gasteiger charge is 2.13. The molecule has 2 rings (SSSR count). The van der Waals surface area contributed by atoms with Gasteiger partial charge in [-0.2, -0.15) is 0 Å². The van der Waals surface area contributed by atoms with Crippen LogP contribution >= 0.6 is 0 Å².